The zero-order chi connectivity index (χ0) is 22.3. The van der Waals surface area contributed by atoms with E-state index < -0.39 is 6.04 Å². The van der Waals surface area contributed by atoms with Crippen LogP contribution in [0.25, 0.3) is 10.2 Å². The molecule has 4 rings (SSSR count). The van der Waals surface area contributed by atoms with Gasteiger partial charge in [0.25, 0.3) is 0 Å². The lowest BCUT2D eigenvalue weighted by Gasteiger charge is -2.17. The maximum atomic E-state index is 12.8. The fourth-order valence-corrected chi connectivity index (χ4v) is 4.40. The van der Waals surface area contributed by atoms with Gasteiger partial charge in [-0.25, -0.2) is 4.68 Å². The number of carbonyl (C=O) groups is 1. The van der Waals surface area contributed by atoms with Gasteiger partial charge in [-0.15, -0.1) is 16.4 Å². The Morgan fingerprint density at radius 2 is 2.12 bits per heavy atom. The molecule has 0 saturated heterocycles. The maximum absolute atomic E-state index is 12.8. The summed E-state index contributed by atoms with van der Waals surface area (Å²) in [6, 6.07) is 14.9. The van der Waals surface area contributed by atoms with Gasteiger partial charge in [-0.1, -0.05) is 35.5 Å². The van der Waals surface area contributed by atoms with Crippen LogP contribution in [0.5, 0.6) is 5.75 Å². The number of rotatable bonds is 10. The molecule has 4 aromatic rings. The molecule has 2 aromatic heterocycles. The van der Waals surface area contributed by atoms with Gasteiger partial charge in [-0.3, -0.25) is 4.79 Å². The van der Waals surface area contributed by atoms with Crippen molar-refractivity contribution in [2.24, 2.45) is 0 Å². The highest BCUT2D eigenvalue weighted by atomic mass is 32.1. The predicted molar refractivity (Wildman–Crippen MR) is 125 cm³/mol. The molecule has 0 radical (unpaired) electrons. The number of thiazole rings is 1. The zero-order valence-electron chi connectivity index (χ0n) is 17.2. The van der Waals surface area contributed by atoms with Crippen molar-refractivity contribution in [1.29, 1.82) is 0 Å². The van der Waals surface area contributed by atoms with Crippen molar-refractivity contribution in [3.63, 3.8) is 0 Å². The first kappa shape index (κ1) is 22.1. The summed E-state index contributed by atoms with van der Waals surface area (Å²) < 4.78 is 9.20. The summed E-state index contributed by atoms with van der Waals surface area (Å²) in [6.45, 7) is 0.656. The number of amides is 1. The number of H-pyrrole nitrogens is 1. The van der Waals surface area contributed by atoms with E-state index >= 15 is 0 Å². The van der Waals surface area contributed by atoms with E-state index in [1.54, 1.807) is 10.9 Å². The third kappa shape index (κ3) is 5.58. The van der Waals surface area contributed by atoms with Crippen LogP contribution < -0.4 is 10.1 Å². The number of nitrogens with one attached hydrogen (secondary N) is 2. The van der Waals surface area contributed by atoms with Gasteiger partial charge in [-0.05, 0) is 42.4 Å². The van der Waals surface area contributed by atoms with E-state index in [1.165, 1.54) is 11.3 Å². The van der Waals surface area contributed by atoms with Gasteiger partial charge in [0, 0.05) is 19.6 Å². The monoisotopic (exact) mass is 469 g/mol. The van der Waals surface area contributed by atoms with E-state index in [-0.39, 0.29) is 19.1 Å². The van der Waals surface area contributed by atoms with Crippen LogP contribution in [-0.2, 0) is 17.8 Å². The van der Waals surface area contributed by atoms with Crippen molar-refractivity contribution in [2.75, 3.05) is 13.2 Å². The molecule has 2 aromatic carbocycles. The van der Waals surface area contributed by atoms with Crippen LogP contribution in [0.15, 0.2) is 54.7 Å². The summed E-state index contributed by atoms with van der Waals surface area (Å²) in [4.78, 5) is 15.9. The fourth-order valence-electron chi connectivity index (χ4n) is 3.26. The maximum Gasteiger partial charge on any atom is 0.245 e. The summed E-state index contributed by atoms with van der Waals surface area (Å²) in [5, 5.41) is 20.2. The molecule has 0 aliphatic carbocycles. The highest BCUT2D eigenvalue weighted by Gasteiger charge is 2.22. The molecule has 0 spiro atoms. The van der Waals surface area contributed by atoms with E-state index in [2.05, 4.69) is 20.6 Å². The van der Waals surface area contributed by atoms with E-state index in [1.807, 2.05) is 48.5 Å². The van der Waals surface area contributed by atoms with Gasteiger partial charge >= 0.3 is 0 Å². The van der Waals surface area contributed by atoms with Gasteiger partial charge in [-0.2, -0.15) is 0 Å². The highest BCUT2D eigenvalue weighted by molar-refractivity contribution is 7.73. The molecule has 0 fully saturated rings. The summed E-state index contributed by atoms with van der Waals surface area (Å²) in [7, 11) is 0. The number of aromatic nitrogens is 4. The first-order chi connectivity index (χ1) is 15.6. The quantitative estimate of drug-likeness (QED) is 0.243. The van der Waals surface area contributed by atoms with Crippen LogP contribution in [0.4, 0.5) is 0 Å². The molecule has 8 nitrogen and oxygen atoms in total. The number of aliphatic hydroxyl groups is 1. The number of aliphatic hydroxyl groups excluding tert-OH is 1. The van der Waals surface area contributed by atoms with Gasteiger partial charge in [0.05, 0.1) is 16.4 Å². The van der Waals surface area contributed by atoms with Crippen molar-refractivity contribution in [3.8, 4) is 5.75 Å². The number of fused-ring (bicyclic) bond motifs is 1. The molecule has 0 aliphatic heterocycles. The molecule has 0 aliphatic rings. The molecule has 3 N–H and O–H groups in total. The predicted octanol–water partition coefficient (Wildman–Crippen LogP) is 3.41. The minimum absolute atomic E-state index is 0.0253. The topological polar surface area (TPSA) is 105 Å². The van der Waals surface area contributed by atoms with E-state index in [4.69, 9.17) is 22.1 Å². The number of ether oxygens (including phenoxy) is 1. The lowest BCUT2D eigenvalue weighted by molar-refractivity contribution is -0.124. The Hall–Kier alpha value is -3.08. The van der Waals surface area contributed by atoms with Gasteiger partial charge in [0.2, 0.25) is 5.91 Å². The number of hydrogen-bond donors (Lipinski definition) is 3. The lowest BCUT2D eigenvalue weighted by atomic mass is 10.1. The van der Waals surface area contributed by atoms with Crippen LogP contribution in [-0.4, -0.2) is 44.1 Å². The summed E-state index contributed by atoms with van der Waals surface area (Å²) >= 11 is 6.68. The molecule has 1 atom stereocenters. The summed E-state index contributed by atoms with van der Waals surface area (Å²) in [6.07, 6.45) is 2.71. The number of nitrogens with zero attached hydrogens (tertiary/aromatic N) is 3. The number of aromatic amines is 1. The van der Waals surface area contributed by atoms with Crippen LogP contribution in [0.2, 0.25) is 0 Å². The fraction of sp³-hybridized carbons (Fsp3) is 0.273. The average molecular weight is 470 g/mol. The largest absolute Gasteiger partial charge is 0.487 e. The Balaban J connectivity index is 1.46. The molecule has 32 heavy (non-hydrogen) atoms. The molecule has 1 amide bonds. The molecular weight excluding hydrogens is 446 g/mol. The SMILES string of the molecule is O=C(NCCCO)[C@H](Cc1ccccc1)n1cc(COc2ccc3[nH]c(=S)sc3c2)nn1. The molecule has 0 unspecified atom stereocenters. The molecule has 0 bridgehead atoms. The second-order valence-corrected chi connectivity index (χ2v) is 8.94. The van der Waals surface area contributed by atoms with Crippen molar-refractivity contribution in [2.45, 2.75) is 25.5 Å². The van der Waals surface area contributed by atoms with Crippen LogP contribution >= 0.6 is 23.6 Å². The van der Waals surface area contributed by atoms with E-state index in [0.29, 0.717) is 30.8 Å². The van der Waals surface area contributed by atoms with E-state index in [9.17, 15) is 4.79 Å². The Labute approximate surface area is 193 Å². The van der Waals surface area contributed by atoms with Crippen molar-refractivity contribution in [3.05, 3.63) is 69.9 Å². The van der Waals surface area contributed by atoms with Crippen molar-refractivity contribution >= 4 is 39.7 Å². The van der Waals surface area contributed by atoms with Gasteiger partial charge < -0.3 is 20.1 Å². The standard InChI is InChI=1S/C22H23N5O3S2/c28-10-4-9-23-21(29)19(11-15-5-2-1-3-6-15)27-13-16(25-26-27)14-30-17-7-8-18-20(12-17)32-22(31)24-18/h1-3,5-8,12-13,19,28H,4,9-11,14H2,(H,23,29)(H,24,31)/t19-/m0/s1. The molecule has 10 heteroatoms. The lowest BCUT2D eigenvalue weighted by Crippen LogP contribution is -2.35. The first-order valence-electron chi connectivity index (χ1n) is 10.2. The number of hydrogen-bond acceptors (Lipinski definition) is 7. The zero-order valence-corrected chi connectivity index (χ0v) is 18.9. The Morgan fingerprint density at radius 3 is 2.94 bits per heavy atom. The Kier molecular flexibility index (Phi) is 7.25. The summed E-state index contributed by atoms with van der Waals surface area (Å²) in [5.41, 5.74) is 2.62. The van der Waals surface area contributed by atoms with Gasteiger partial charge in [0.15, 0.2) is 3.95 Å². The average Bonchev–Trinajstić information content (AvgIpc) is 3.42. The normalized spacial score (nSPS) is 12.0. The van der Waals surface area contributed by atoms with Crippen LogP contribution in [0.1, 0.15) is 23.7 Å². The minimum atomic E-state index is -0.555. The summed E-state index contributed by atoms with van der Waals surface area (Å²) in [5.74, 6) is 0.540. The van der Waals surface area contributed by atoms with Crippen LogP contribution in [0, 0.1) is 3.95 Å². The number of carbonyl (C=O) groups excluding carboxylic acids is 1. The second-order valence-electron chi connectivity index (χ2n) is 7.22. The smallest absolute Gasteiger partial charge is 0.245 e. The van der Waals surface area contributed by atoms with Gasteiger partial charge in [0.1, 0.15) is 24.1 Å². The highest BCUT2D eigenvalue weighted by Crippen LogP contribution is 2.25. The molecule has 2 heterocycles. The molecule has 0 saturated carbocycles. The Morgan fingerprint density at radius 1 is 1.28 bits per heavy atom. The Bertz CT molecular complexity index is 1240. The molecule has 166 valence electrons. The van der Waals surface area contributed by atoms with Crippen molar-refractivity contribution in [1.82, 2.24) is 25.3 Å². The number of benzene rings is 2. The third-order valence-electron chi connectivity index (χ3n) is 4.86. The van der Waals surface area contributed by atoms with Crippen LogP contribution in [0.3, 0.4) is 0 Å². The third-order valence-corrected chi connectivity index (χ3v) is 6.06. The minimum Gasteiger partial charge on any atom is -0.487 e. The first-order valence-corrected chi connectivity index (χ1v) is 11.4. The van der Waals surface area contributed by atoms with E-state index in [0.717, 1.165) is 19.7 Å². The molecular formula is C22H23N5O3S2. The van der Waals surface area contributed by atoms with Crippen molar-refractivity contribution < 1.29 is 14.6 Å². The second kappa shape index (κ2) is 10.5.